The summed E-state index contributed by atoms with van der Waals surface area (Å²) in [5.41, 5.74) is 1.84. The van der Waals surface area contributed by atoms with Gasteiger partial charge in [-0.25, -0.2) is 12.8 Å². The van der Waals surface area contributed by atoms with Gasteiger partial charge >= 0.3 is 0 Å². The van der Waals surface area contributed by atoms with Crippen molar-refractivity contribution in [1.29, 1.82) is 0 Å². The minimum Gasteiger partial charge on any atom is -0.373 e. The molecular weight excluding hydrogens is 563 g/mol. The summed E-state index contributed by atoms with van der Waals surface area (Å²) in [4.78, 5) is 13.4. The molecule has 3 aromatic carbocycles. The van der Waals surface area contributed by atoms with Crippen molar-refractivity contribution in [3.05, 3.63) is 94.8 Å². The van der Waals surface area contributed by atoms with Crippen molar-refractivity contribution in [2.45, 2.75) is 69.1 Å². The lowest BCUT2D eigenvalue weighted by molar-refractivity contribution is -0.122. The number of sulfonamides is 1. The lowest BCUT2D eigenvalue weighted by Crippen LogP contribution is -2.58. The van der Waals surface area contributed by atoms with Gasteiger partial charge in [0, 0.05) is 53.9 Å². The van der Waals surface area contributed by atoms with Gasteiger partial charge in [-0.2, -0.15) is 4.31 Å². The molecule has 0 aliphatic carbocycles. The van der Waals surface area contributed by atoms with E-state index in [1.54, 1.807) is 58.9 Å². The van der Waals surface area contributed by atoms with Gasteiger partial charge in [-0.15, -0.1) is 0 Å². The summed E-state index contributed by atoms with van der Waals surface area (Å²) >= 11 is 6.05. The molecule has 1 saturated heterocycles. The Labute approximate surface area is 247 Å². The van der Waals surface area contributed by atoms with E-state index >= 15 is 4.39 Å². The van der Waals surface area contributed by atoms with Gasteiger partial charge in [-0.3, -0.25) is 4.79 Å². The van der Waals surface area contributed by atoms with E-state index in [-0.39, 0.29) is 35.3 Å². The van der Waals surface area contributed by atoms with E-state index in [9.17, 15) is 13.2 Å². The van der Waals surface area contributed by atoms with E-state index in [1.165, 1.54) is 6.07 Å². The zero-order valence-corrected chi connectivity index (χ0v) is 25.2. The Morgan fingerprint density at radius 2 is 1.76 bits per heavy atom. The molecule has 3 N–H and O–H groups in total. The number of benzene rings is 3. The maximum absolute atomic E-state index is 15.3. The van der Waals surface area contributed by atoms with Crippen molar-refractivity contribution in [3.63, 3.8) is 0 Å². The highest BCUT2D eigenvalue weighted by atomic mass is 35.5. The fourth-order valence-electron chi connectivity index (χ4n) is 5.27. The third-order valence-corrected chi connectivity index (χ3v) is 9.54. The van der Waals surface area contributed by atoms with Gasteiger partial charge in [0.2, 0.25) is 15.9 Å². The van der Waals surface area contributed by atoms with E-state index in [0.29, 0.717) is 42.2 Å². The van der Waals surface area contributed by atoms with Crippen molar-refractivity contribution in [2.24, 2.45) is 0 Å². The first-order valence-electron chi connectivity index (χ1n) is 13.9. The fourth-order valence-corrected chi connectivity index (χ4v) is 7.26. The Morgan fingerprint density at radius 1 is 1.05 bits per heavy atom. The van der Waals surface area contributed by atoms with Gasteiger partial charge in [0.25, 0.3) is 0 Å². The van der Waals surface area contributed by atoms with Crippen LogP contribution in [0.3, 0.4) is 0 Å². The van der Waals surface area contributed by atoms with Gasteiger partial charge in [-0.05, 0) is 75.6 Å². The van der Waals surface area contributed by atoms with Crippen molar-refractivity contribution in [2.75, 3.05) is 18.4 Å². The van der Waals surface area contributed by atoms with Crippen LogP contribution in [0.4, 0.5) is 10.1 Å². The number of halogens is 2. The summed E-state index contributed by atoms with van der Waals surface area (Å²) in [6.45, 7) is 6.65. The Balaban J connectivity index is 1.57. The molecule has 0 aromatic heterocycles. The first kappa shape index (κ1) is 31.0. The number of amides is 1. The second kappa shape index (κ2) is 13.8. The van der Waals surface area contributed by atoms with E-state index in [2.05, 4.69) is 16.0 Å². The summed E-state index contributed by atoms with van der Waals surface area (Å²) in [6.07, 6.45) is 1.06. The normalized spacial score (nSPS) is 18.7. The molecule has 1 fully saturated rings. The molecule has 3 aromatic rings. The molecule has 4 rings (SSSR count). The number of nitrogens with one attached hydrogen (secondary N) is 3. The number of hydrogen-bond donors (Lipinski definition) is 3. The van der Waals surface area contributed by atoms with E-state index < -0.39 is 21.9 Å². The number of nitrogens with zero attached hydrogens (tertiary/aromatic N) is 1. The lowest BCUT2D eigenvalue weighted by atomic mass is 9.99. The Kier molecular flexibility index (Phi) is 10.4. The smallest absolute Gasteiger partial charge is 0.243 e. The second-order valence-corrected chi connectivity index (χ2v) is 13.1. The maximum Gasteiger partial charge on any atom is 0.243 e. The number of hydrogen-bond acceptors (Lipinski definition) is 5. The summed E-state index contributed by atoms with van der Waals surface area (Å²) < 4.78 is 44.1. The van der Waals surface area contributed by atoms with Gasteiger partial charge in [0.05, 0.1) is 4.90 Å². The first-order valence-corrected chi connectivity index (χ1v) is 15.8. The van der Waals surface area contributed by atoms with Gasteiger partial charge < -0.3 is 16.0 Å². The van der Waals surface area contributed by atoms with Crippen LogP contribution in [-0.2, 0) is 27.7 Å². The molecule has 3 atom stereocenters. The molecule has 1 aliphatic rings. The van der Waals surface area contributed by atoms with Crippen LogP contribution in [0, 0.1) is 5.82 Å². The zero-order valence-electron chi connectivity index (χ0n) is 23.6. The summed E-state index contributed by atoms with van der Waals surface area (Å²) in [6, 6.07) is 19.1. The molecular formula is C31H38ClFN4O3S. The van der Waals surface area contributed by atoms with E-state index in [0.717, 1.165) is 5.56 Å². The Morgan fingerprint density at radius 3 is 2.44 bits per heavy atom. The largest absolute Gasteiger partial charge is 0.373 e. The molecule has 41 heavy (non-hydrogen) atoms. The molecule has 0 unspecified atom stereocenters. The van der Waals surface area contributed by atoms with Crippen LogP contribution in [0.25, 0.3) is 0 Å². The first-order chi connectivity index (χ1) is 19.6. The average molecular weight is 601 g/mol. The molecule has 0 spiro atoms. The Bertz CT molecular complexity index is 1420. The van der Waals surface area contributed by atoms with Crippen molar-refractivity contribution in [1.82, 2.24) is 14.9 Å². The predicted octanol–water partition coefficient (Wildman–Crippen LogP) is 5.01. The predicted molar refractivity (Wildman–Crippen MR) is 162 cm³/mol. The Hall–Kier alpha value is -2.98. The zero-order chi connectivity index (χ0) is 29.6. The van der Waals surface area contributed by atoms with Crippen LogP contribution >= 0.6 is 11.6 Å². The van der Waals surface area contributed by atoms with Crippen LogP contribution < -0.4 is 16.0 Å². The molecule has 1 heterocycles. The minimum absolute atomic E-state index is 0.0673. The van der Waals surface area contributed by atoms with E-state index in [1.807, 2.05) is 32.9 Å². The number of piperazine rings is 1. The highest BCUT2D eigenvalue weighted by molar-refractivity contribution is 7.89. The molecule has 1 amide bonds. The van der Waals surface area contributed by atoms with Crippen LogP contribution in [0.1, 0.15) is 38.3 Å². The third-order valence-electron chi connectivity index (χ3n) is 7.21. The highest BCUT2D eigenvalue weighted by Crippen LogP contribution is 2.28. The number of anilines is 1. The standard InChI is InChI=1S/C31H38ClFN4O3S/c1-21(2)35-31(38)30(18-23-12-14-24(32)15-13-23)36-29-11-7-10-28(33)27(29)17-16-25-20-34-19-22(3)37(25)41(39,40)26-8-5-4-6-9-26/h4-15,21-22,25,30,34,36H,16-20H2,1-3H3,(H,35,38)/t22-,25+,30+/m1/s1. The van der Waals surface area contributed by atoms with Crippen molar-refractivity contribution < 1.29 is 17.6 Å². The molecule has 7 nitrogen and oxygen atoms in total. The van der Waals surface area contributed by atoms with Crippen molar-refractivity contribution >= 4 is 33.2 Å². The van der Waals surface area contributed by atoms with Gasteiger partial charge in [-0.1, -0.05) is 48.0 Å². The summed E-state index contributed by atoms with van der Waals surface area (Å²) in [5, 5.41) is 10.2. The highest BCUT2D eigenvalue weighted by Gasteiger charge is 2.37. The monoisotopic (exact) mass is 600 g/mol. The SMILES string of the molecule is CC(C)NC(=O)[C@H](Cc1ccc(Cl)cc1)Nc1cccc(F)c1CC[C@H]1CNC[C@@H](C)N1S(=O)(=O)c1ccccc1. The molecule has 0 radical (unpaired) electrons. The van der Waals surface area contributed by atoms with Crippen LogP contribution in [0.2, 0.25) is 5.02 Å². The molecule has 0 saturated carbocycles. The maximum atomic E-state index is 15.3. The second-order valence-electron chi connectivity index (χ2n) is 10.8. The lowest BCUT2D eigenvalue weighted by Gasteiger charge is -2.40. The average Bonchev–Trinajstić information content (AvgIpc) is 2.93. The summed E-state index contributed by atoms with van der Waals surface area (Å²) in [5.74, 6) is -0.602. The number of carbonyl (C=O) groups excluding carboxylic acids is 1. The van der Waals surface area contributed by atoms with Crippen LogP contribution in [0.5, 0.6) is 0 Å². The number of rotatable bonds is 11. The molecule has 1 aliphatic heterocycles. The molecule has 220 valence electrons. The van der Waals surface area contributed by atoms with Gasteiger partial charge in [0.1, 0.15) is 11.9 Å². The van der Waals surface area contributed by atoms with Crippen molar-refractivity contribution in [3.8, 4) is 0 Å². The van der Waals surface area contributed by atoms with E-state index in [4.69, 9.17) is 11.6 Å². The molecule has 0 bridgehead atoms. The van der Waals surface area contributed by atoms with Crippen LogP contribution in [-0.4, -0.2) is 55.9 Å². The third kappa shape index (κ3) is 7.86. The van der Waals surface area contributed by atoms with Crippen LogP contribution in [0.15, 0.2) is 77.7 Å². The minimum atomic E-state index is -3.74. The van der Waals surface area contributed by atoms with Gasteiger partial charge in [0.15, 0.2) is 0 Å². The number of carbonyl (C=O) groups is 1. The fraction of sp³-hybridized carbons (Fsp3) is 0.387. The quantitative estimate of drug-likeness (QED) is 0.288. The molecule has 10 heteroatoms. The summed E-state index contributed by atoms with van der Waals surface area (Å²) in [7, 11) is -3.74. The topological polar surface area (TPSA) is 90.5 Å².